The maximum absolute atomic E-state index is 10.7. The number of hydrogen-bond acceptors (Lipinski definition) is 3. The molecule has 0 heterocycles. The van der Waals surface area contributed by atoms with Crippen molar-refractivity contribution >= 4 is 23.6 Å². The zero-order valence-corrected chi connectivity index (χ0v) is 9.55. The van der Waals surface area contributed by atoms with E-state index in [4.69, 9.17) is 27.0 Å². The van der Waals surface area contributed by atoms with Crippen LogP contribution >= 0.6 is 11.6 Å². The van der Waals surface area contributed by atoms with Crippen molar-refractivity contribution in [1.82, 2.24) is 0 Å². The third-order valence-corrected chi connectivity index (χ3v) is 2.15. The van der Waals surface area contributed by atoms with Gasteiger partial charge in [-0.2, -0.15) is 0 Å². The van der Waals surface area contributed by atoms with Gasteiger partial charge in [0.15, 0.2) is 0 Å². The van der Waals surface area contributed by atoms with Gasteiger partial charge in [0.05, 0.1) is 12.1 Å². The van der Waals surface area contributed by atoms with Gasteiger partial charge in [-0.15, -0.1) is 0 Å². The van der Waals surface area contributed by atoms with Gasteiger partial charge in [0.25, 0.3) is 0 Å². The Morgan fingerprint density at radius 1 is 1.65 bits per heavy atom. The predicted octanol–water partition coefficient (Wildman–Crippen LogP) is 3.08. The molecular weight excluding hydrogens is 246 g/mol. The highest BCUT2D eigenvalue weighted by Crippen LogP contribution is 2.26. The van der Waals surface area contributed by atoms with E-state index in [1.165, 1.54) is 19.3 Å². The van der Waals surface area contributed by atoms with Gasteiger partial charge in [0.1, 0.15) is 11.4 Å². The van der Waals surface area contributed by atoms with E-state index in [1.54, 1.807) is 12.1 Å². The van der Waals surface area contributed by atoms with E-state index in [2.05, 4.69) is 10.0 Å². The second kappa shape index (κ2) is 5.79. The molecule has 88 valence electrons. The number of aliphatic carboxylic acids is 1. The van der Waals surface area contributed by atoms with Gasteiger partial charge in [-0.1, -0.05) is 22.8 Å². The molecule has 0 atom stereocenters. The van der Waals surface area contributed by atoms with Crippen molar-refractivity contribution in [3.05, 3.63) is 44.9 Å². The summed E-state index contributed by atoms with van der Waals surface area (Å²) in [4.78, 5) is 13.1. The van der Waals surface area contributed by atoms with Crippen molar-refractivity contribution in [2.45, 2.75) is 0 Å². The molecule has 7 heteroatoms. The number of carboxylic acids is 1. The topological polar surface area (TPSA) is 95.3 Å². The molecular formula is C10H8ClN3O3. The van der Waals surface area contributed by atoms with Crippen LogP contribution in [0.3, 0.4) is 0 Å². The molecule has 6 nitrogen and oxygen atoms in total. The largest absolute Gasteiger partial charge is 0.495 e. The Balaban J connectivity index is 3.16. The number of hydrogen-bond donors (Lipinski definition) is 1. The van der Waals surface area contributed by atoms with Crippen LogP contribution in [-0.4, -0.2) is 18.2 Å². The summed E-state index contributed by atoms with van der Waals surface area (Å²) in [5.41, 5.74) is 8.30. The van der Waals surface area contributed by atoms with Crippen LogP contribution in [0.5, 0.6) is 5.75 Å². The number of carbonyl (C=O) groups is 1. The minimum Gasteiger partial charge on any atom is -0.495 e. The quantitative estimate of drug-likeness (QED) is 0.386. The first-order valence-electron chi connectivity index (χ1n) is 4.42. The summed E-state index contributed by atoms with van der Waals surface area (Å²) in [6.07, 6.45) is 1.22. The summed E-state index contributed by atoms with van der Waals surface area (Å²) in [6.45, 7) is 0. The lowest BCUT2D eigenvalue weighted by Crippen LogP contribution is -1.96. The van der Waals surface area contributed by atoms with Crippen LogP contribution in [0.15, 0.2) is 29.0 Å². The first-order chi connectivity index (χ1) is 8.08. The third-order valence-electron chi connectivity index (χ3n) is 1.85. The Kier molecular flexibility index (Phi) is 4.39. The number of halogens is 1. The molecule has 0 bridgehead atoms. The van der Waals surface area contributed by atoms with Crippen molar-refractivity contribution in [3.63, 3.8) is 0 Å². The highest BCUT2D eigenvalue weighted by molar-refractivity contribution is 6.32. The number of azide groups is 1. The molecule has 1 N–H and O–H groups in total. The van der Waals surface area contributed by atoms with Crippen LogP contribution in [0.1, 0.15) is 5.56 Å². The SMILES string of the molecule is COc1ccc(/C=C(\N=[N+]=[N-])C(=O)O)cc1Cl. The number of ether oxygens (including phenoxy) is 1. The molecule has 1 aromatic rings. The number of benzene rings is 1. The molecule has 0 unspecified atom stereocenters. The Morgan fingerprint density at radius 2 is 2.35 bits per heavy atom. The minimum absolute atomic E-state index is 0.340. The maximum atomic E-state index is 10.7. The third kappa shape index (κ3) is 3.41. The molecule has 0 amide bonds. The van der Waals surface area contributed by atoms with E-state index >= 15 is 0 Å². The van der Waals surface area contributed by atoms with Crippen LogP contribution in [0, 0.1) is 0 Å². The van der Waals surface area contributed by atoms with Gasteiger partial charge in [0.2, 0.25) is 0 Å². The average molecular weight is 254 g/mol. The number of nitrogens with zero attached hydrogens (tertiary/aromatic N) is 3. The van der Waals surface area contributed by atoms with E-state index in [9.17, 15) is 4.79 Å². The zero-order chi connectivity index (χ0) is 12.8. The summed E-state index contributed by atoms with van der Waals surface area (Å²) in [5.74, 6) is -0.834. The maximum Gasteiger partial charge on any atom is 0.338 e. The number of carboxylic acid groups (broad SMARTS) is 1. The first-order valence-corrected chi connectivity index (χ1v) is 4.80. The van der Waals surface area contributed by atoms with Crippen LogP contribution < -0.4 is 4.74 Å². The van der Waals surface area contributed by atoms with Gasteiger partial charge in [-0.25, -0.2) is 4.79 Å². The molecule has 0 aliphatic rings. The number of rotatable bonds is 4. The molecule has 0 fully saturated rings. The fraction of sp³-hybridized carbons (Fsp3) is 0.100. The summed E-state index contributed by atoms with van der Waals surface area (Å²) in [6, 6.07) is 4.69. The lowest BCUT2D eigenvalue weighted by Gasteiger charge is -2.03. The molecule has 0 spiro atoms. The van der Waals surface area contributed by atoms with Crippen molar-refractivity contribution in [3.8, 4) is 5.75 Å². The van der Waals surface area contributed by atoms with Gasteiger partial charge >= 0.3 is 5.97 Å². The Morgan fingerprint density at radius 3 is 2.82 bits per heavy atom. The van der Waals surface area contributed by atoms with Gasteiger partial charge < -0.3 is 9.84 Å². The summed E-state index contributed by atoms with van der Waals surface area (Å²) < 4.78 is 4.95. The lowest BCUT2D eigenvalue weighted by molar-refractivity contribution is -0.132. The summed E-state index contributed by atoms with van der Waals surface area (Å²) >= 11 is 5.86. The second-order valence-electron chi connectivity index (χ2n) is 2.92. The van der Waals surface area contributed by atoms with Gasteiger partial charge in [-0.05, 0) is 29.3 Å². The van der Waals surface area contributed by atoms with Crippen LogP contribution in [-0.2, 0) is 4.79 Å². The minimum atomic E-state index is -1.31. The normalized spacial score (nSPS) is 10.6. The smallest absolute Gasteiger partial charge is 0.338 e. The molecule has 0 aromatic heterocycles. The predicted molar refractivity (Wildman–Crippen MR) is 62.8 cm³/mol. The van der Waals surface area contributed by atoms with Crippen molar-refractivity contribution < 1.29 is 14.6 Å². The highest BCUT2D eigenvalue weighted by Gasteiger charge is 2.06. The summed E-state index contributed by atoms with van der Waals surface area (Å²) in [7, 11) is 1.47. The zero-order valence-electron chi connectivity index (χ0n) is 8.79. The molecule has 0 aliphatic carbocycles. The monoisotopic (exact) mass is 253 g/mol. The molecule has 1 aromatic carbocycles. The summed E-state index contributed by atoms with van der Waals surface area (Å²) in [5, 5.41) is 12.1. The van der Waals surface area contributed by atoms with E-state index < -0.39 is 11.7 Å². The van der Waals surface area contributed by atoms with Crippen LogP contribution in [0.4, 0.5) is 0 Å². The molecule has 1 rings (SSSR count). The highest BCUT2D eigenvalue weighted by atomic mass is 35.5. The van der Waals surface area contributed by atoms with E-state index in [1.807, 2.05) is 0 Å². The fourth-order valence-corrected chi connectivity index (χ4v) is 1.38. The average Bonchev–Trinajstić information content (AvgIpc) is 2.28. The van der Waals surface area contributed by atoms with E-state index in [0.29, 0.717) is 16.3 Å². The van der Waals surface area contributed by atoms with E-state index in [0.717, 1.165) is 0 Å². The Bertz CT molecular complexity index is 518. The van der Waals surface area contributed by atoms with Gasteiger partial charge in [-0.3, -0.25) is 0 Å². The molecule has 0 aliphatic heterocycles. The number of methoxy groups -OCH3 is 1. The Hall–Kier alpha value is -2.17. The van der Waals surface area contributed by atoms with E-state index in [-0.39, 0.29) is 0 Å². The standard InChI is InChI=1S/C10H8ClN3O3/c1-17-9-3-2-6(4-7(9)11)5-8(10(15)16)13-14-12/h2-5H,1H3,(H,15,16)/b8-5-. The van der Waals surface area contributed by atoms with Crippen molar-refractivity contribution in [2.75, 3.05) is 7.11 Å². The lowest BCUT2D eigenvalue weighted by atomic mass is 10.2. The first kappa shape index (κ1) is 12.9. The fourth-order valence-electron chi connectivity index (χ4n) is 1.11. The molecule has 0 radical (unpaired) electrons. The Labute approximate surface area is 102 Å². The van der Waals surface area contributed by atoms with Gasteiger partial charge in [0, 0.05) is 4.91 Å². The van der Waals surface area contributed by atoms with Crippen LogP contribution in [0.2, 0.25) is 5.02 Å². The van der Waals surface area contributed by atoms with Crippen molar-refractivity contribution in [1.29, 1.82) is 0 Å². The molecule has 0 saturated carbocycles. The molecule has 0 saturated heterocycles. The van der Waals surface area contributed by atoms with Crippen LogP contribution in [0.25, 0.3) is 16.5 Å². The molecule has 17 heavy (non-hydrogen) atoms. The van der Waals surface area contributed by atoms with Crippen molar-refractivity contribution in [2.24, 2.45) is 5.11 Å². The second-order valence-corrected chi connectivity index (χ2v) is 3.33.